The number of carbonyl (C=O) groups is 1. The molecule has 1 aliphatic rings. The van der Waals surface area contributed by atoms with Crippen LogP contribution in [-0.4, -0.2) is 52.6 Å². The van der Waals surface area contributed by atoms with Crippen LogP contribution in [0.3, 0.4) is 0 Å². The molecule has 1 fully saturated rings. The quantitative estimate of drug-likeness (QED) is 0.766. The third-order valence-electron chi connectivity index (χ3n) is 4.11. The van der Waals surface area contributed by atoms with Crippen molar-refractivity contribution in [1.82, 2.24) is 14.8 Å². The Balaban J connectivity index is 1.44. The number of piperazine rings is 1. The maximum absolute atomic E-state index is 13.2. The summed E-state index contributed by atoms with van der Waals surface area (Å²) in [5.74, 6) is -1.51. The van der Waals surface area contributed by atoms with Gasteiger partial charge in [0.2, 0.25) is 5.91 Å². The largest absolute Gasteiger partial charge is 0.339 e. The second-order valence-electron chi connectivity index (χ2n) is 5.88. The molecule has 0 saturated carbocycles. The first-order valence-electron chi connectivity index (χ1n) is 8.09. The molecule has 2 heterocycles. The van der Waals surface area contributed by atoms with Crippen molar-refractivity contribution in [3.63, 3.8) is 0 Å². The number of benzene rings is 1. The van der Waals surface area contributed by atoms with Crippen molar-refractivity contribution in [1.29, 1.82) is 0 Å². The maximum atomic E-state index is 13.2. The van der Waals surface area contributed by atoms with Crippen LogP contribution in [0.1, 0.15) is 5.56 Å². The van der Waals surface area contributed by atoms with Crippen LogP contribution < -0.4 is 0 Å². The number of rotatable bonds is 5. The molecule has 0 atom stereocenters. The van der Waals surface area contributed by atoms with E-state index in [0.29, 0.717) is 18.0 Å². The molecular formula is C18H19F2N3OS. The van der Waals surface area contributed by atoms with Crippen molar-refractivity contribution in [2.24, 2.45) is 0 Å². The number of pyridine rings is 1. The van der Waals surface area contributed by atoms with Crippen LogP contribution in [0.15, 0.2) is 47.6 Å². The number of carbonyl (C=O) groups excluding carboxylic acids is 1. The summed E-state index contributed by atoms with van der Waals surface area (Å²) in [5, 5.41) is 0. The highest BCUT2D eigenvalue weighted by Gasteiger charge is 2.21. The second-order valence-corrected chi connectivity index (χ2v) is 6.93. The van der Waals surface area contributed by atoms with Gasteiger partial charge in [-0.1, -0.05) is 6.07 Å². The highest BCUT2D eigenvalue weighted by molar-refractivity contribution is 8.00. The van der Waals surface area contributed by atoms with E-state index in [1.54, 1.807) is 6.20 Å². The number of hydrogen-bond acceptors (Lipinski definition) is 4. The second kappa shape index (κ2) is 8.40. The van der Waals surface area contributed by atoms with Gasteiger partial charge in [-0.05, 0) is 29.8 Å². The van der Waals surface area contributed by atoms with Crippen molar-refractivity contribution in [3.8, 4) is 0 Å². The molecule has 1 aromatic heterocycles. The highest BCUT2D eigenvalue weighted by Crippen LogP contribution is 2.21. The lowest BCUT2D eigenvalue weighted by atomic mass is 10.2. The number of nitrogens with zero attached hydrogens (tertiary/aromatic N) is 3. The van der Waals surface area contributed by atoms with E-state index in [-0.39, 0.29) is 11.7 Å². The van der Waals surface area contributed by atoms with Gasteiger partial charge in [0.25, 0.3) is 0 Å². The summed E-state index contributed by atoms with van der Waals surface area (Å²) in [7, 11) is 0. The Morgan fingerprint density at radius 2 is 1.92 bits per heavy atom. The highest BCUT2D eigenvalue weighted by atomic mass is 32.2. The van der Waals surface area contributed by atoms with Crippen LogP contribution in [-0.2, 0) is 11.3 Å². The Bertz CT molecular complexity index is 722. The fourth-order valence-electron chi connectivity index (χ4n) is 2.71. The van der Waals surface area contributed by atoms with Crippen molar-refractivity contribution in [2.75, 3.05) is 31.9 Å². The summed E-state index contributed by atoms with van der Waals surface area (Å²) < 4.78 is 26.1. The van der Waals surface area contributed by atoms with E-state index >= 15 is 0 Å². The van der Waals surface area contributed by atoms with Gasteiger partial charge < -0.3 is 4.90 Å². The summed E-state index contributed by atoms with van der Waals surface area (Å²) in [6.07, 6.45) is 3.61. The minimum absolute atomic E-state index is 0.0239. The van der Waals surface area contributed by atoms with Gasteiger partial charge in [-0.2, -0.15) is 0 Å². The smallest absolute Gasteiger partial charge is 0.233 e. The van der Waals surface area contributed by atoms with Crippen molar-refractivity contribution in [3.05, 3.63) is 59.9 Å². The third-order valence-corrected chi connectivity index (χ3v) is 5.09. The van der Waals surface area contributed by atoms with Gasteiger partial charge in [0.05, 0.1) is 5.75 Å². The number of aromatic nitrogens is 1. The molecule has 1 aliphatic heterocycles. The number of hydrogen-bond donors (Lipinski definition) is 0. The molecule has 0 N–H and O–H groups in total. The van der Waals surface area contributed by atoms with E-state index in [1.165, 1.54) is 17.8 Å². The number of amides is 1. The predicted octanol–water partition coefficient (Wildman–Crippen LogP) is 2.80. The SMILES string of the molecule is O=C(CSc1ccc(F)c(F)c1)N1CCN(Cc2cccnc2)CC1. The average Bonchev–Trinajstić information content (AvgIpc) is 2.64. The normalized spacial score (nSPS) is 15.4. The summed E-state index contributed by atoms with van der Waals surface area (Å²) >= 11 is 1.23. The fourth-order valence-corrected chi connectivity index (χ4v) is 3.53. The molecule has 1 amide bonds. The van der Waals surface area contributed by atoms with Gasteiger partial charge in [0.15, 0.2) is 11.6 Å². The first-order chi connectivity index (χ1) is 12.1. The van der Waals surface area contributed by atoms with E-state index in [2.05, 4.69) is 9.88 Å². The minimum Gasteiger partial charge on any atom is -0.339 e. The molecular weight excluding hydrogens is 344 g/mol. The van der Waals surface area contributed by atoms with Crippen LogP contribution in [0.25, 0.3) is 0 Å². The molecule has 1 aromatic carbocycles. The third kappa shape index (κ3) is 4.99. The van der Waals surface area contributed by atoms with E-state index in [4.69, 9.17) is 0 Å². The summed E-state index contributed by atoms with van der Waals surface area (Å²) in [5.41, 5.74) is 1.16. The Labute approximate surface area is 149 Å². The molecule has 0 aliphatic carbocycles. The van der Waals surface area contributed by atoms with E-state index in [1.807, 2.05) is 23.2 Å². The van der Waals surface area contributed by atoms with Crippen LogP contribution in [0.4, 0.5) is 8.78 Å². The molecule has 25 heavy (non-hydrogen) atoms. The molecule has 0 radical (unpaired) electrons. The molecule has 2 aromatic rings. The van der Waals surface area contributed by atoms with Crippen LogP contribution in [0.5, 0.6) is 0 Å². The predicted molar refractivity (Wildman–Crippen MR) is 93.2 cm³/mol. The lowest BCUT2D eigenvalue weighted by molar-refractivity contribution is -0.130. The van der Waals surface area contributed by atoms with Crippen LogP contribution in [0, 0.1) is 11.6 Å². The topological polar surface area (TPSA) is 36.4 Å². The summed E-state index contributed by atoms with van der Waals surface area (Å²) in [4.78, 5) is 21.1. The Morgan fingerprint density at radius 3 is 2.60 bits per heavy atom. The molecule has 0 unspecified atom stereocenters. The standard InChI is InChI=1S/C18H19F2N3OS/c19-16-4-3-15(10-17(16)20)25-13-18(24)23-8-6-22(7-9-23)12-14-2-1-5-21-11-14/h1-5,10-11H,6-9,12-13H2. The van der Waals surface area contributed by atoms with Gasteiger partial charge in [-0.3, -0.25) is 14.7 Å². The first-order valence-corrected chi connectivity index (χ1v) is 9.07. The van der Waals surface area contributed by atoms with E-state index in [0.717, 1.165) is 37.3 Å². The zero-order valence-electron chi connectivity index (χ0n) is 13.7. The molecule has 7 heteroatoms. The van der Waals surface area contributed by atoms with Crippen LogP contribution in [0.2, 0.25) is 0 Å². The monoisotopic (exact) mass is 363 g/mol. The molecule has 1 saturated heterocycles. The first kappa shape index (κ1) is 17.8. The Kier molecular flexibility index (Phi) is 5.99. The lowest BCUT2D eigenvalue weighted by Gasteiger charge is -2.34. The summed E-state index contributed by atoms with van der Waals surface area (Å²) in [6, 6.07) is 7.66. The van der Waals surface area contributed by atoms with Crippen LogP contribution >= 0.6 is 11.8 Å². The minimum atomic E-state index is -0.888. The number of thioether (sulfide) groups is 1. The molecule has 0 spiro atoms. The van der Waals surface area contributed by atoms with Gasteiger partial charge in [0, 0.05) is 50.0 Å². The van der Waals surface area contributed by atoms with Gasteiger partial charge >= 0.3 is 0 Å². The maximum Gasteiger partial charge on any atom is 0.233 e. The molecule has 3 rings (SSSR count). The zero-order chi connectivity index (χ0) is 17.6. The van der Waals surface area contributed by atoms with Crippen molar-refractivity contribution in [2.45, 2.75) is 11.4 Å². The van der Waals surface area contributed by atoms with Gasteiger partial charge in [-0.15, -0.1) is 11.8 Å². The van der Waals surface area contributed by atoms with E-state index in [9.17, 15) is 13.6 Å². The molecule has 132 valence electrons. The molecule has 0 bridgehead atoms. The number of halogens is 2. The van der Waals surface area contributed by atoms with Gasteiger partial charge in [0.1, 0.15) is 0 Å². The summed E-state index contributed by atoms with van der Waals surface area (Å²) in [6.45, 7) is 3.82. The van der Waals surface area contributed by atoms with Gasteiger partial charge in [-0.25, -0.2) is 8.78 Å². The van der Waals surface area contributed by atoms with Crippen molar-refractivity contribution < 1.29 is 13.6 Å². The van der Waals surface area contributed by atoms with E-state index < -0.39 is 11.6 Å². The molecule has 4 nitrogen and oxygen atoms in total. The van der Waals surface area contributed by atoms with Crippen molar-refractivity contribution >= 4 is 17.7 Å². The fraction of sp³-hybridized carbons (Fsp3) is 0.333. The lowest BCUT2D eigenvalue weighted by Crippen LogP contribution is -2.48. The zero-order valence-corrected chi connectivity index (χ0v) is 14.5. The Morgan fingerprint density at radius 1 is 1.12 bits per heavy atom. The Hall–Kier alpha value is -1.99. The average molecular weight is 363 g/mol.